The summed E-state index contributed by atoms with van der Waals surface area (Å²) in [5, 5.41) is 3.50. The molecule has 0 atom stereocenters. The van der Waals surface area contributed by atoms with Gasteiger partial charge in [-0.25, -0.2) is 0 Å². The molecule has 2 aromatic carbocycles. The zero-order valence-electron chi connectivity index (χ0n) is 12.1. The molecule has 0 unspecified atom stereocenters. The van der Waals surface area contributed by atoms with Crippen molar-refractivity contribution in [2.75, 3.05) is 5.32 Å². The Morgan fingerprint density at radius 3 is 2.62 bits per heavy atom. The number of fused-ring (bicyclic) bond motifs is 5. The molecule has 0 saturated carbocycles. The van der Waals surface area contributed by atoms with Gasteiger partial charge in [-0.05, 0) is 35.9 Å². The maximum absolute atomic E-state index is 13.1. The third kappa shape index (κ3) is 2.39. The average molecular weight is 395 g/mol. The van der Waals surface area contributed by atoms with Crippen molar-refractivity contribution in [3.8, 4) is 11.3 Å². The van der Waals surface area contributed by atoms with Crippen molar-refractivity contribution in [2.24, 2.45) is 0 Å². The smallest absolute Gasteiger partial charge is 0.354 e. The van der Waals surface area contributed by atoms with Gasteiger partial charge in [-0.15, -0.1) is 0 Å². The fraction of sp³-hybridized carbons (Fsp3) is 0.118. The van der Waals surface area contributed by atoms with E-state index in [1.54, 1.807) is 0 Å². The summed E-state index contributed by atoms with van der Waals surface area (Å²) in [5.74, 6) is -0.251. The van der Waals surface area contributed by atoms with Gasteiger partial charge in [0.15, 0.2) is 0 Å². The number of halogens is 4. The second kappa shape index (κ2) is 5.11. The number of alkyl halides is 3. The minimum absolute atomic E-state index is 0.104. The molecule has 122 valence electrons. The van der Waals surface area contributed by atoms with Crippen LogP contribution in [0.15, 0.2) is 40.9 Å². The Bertz CT molecular complexity index is 991. The Morgan fingerprint density at radius 1 is 1.08 bits per heavy atom. The minimum atomic E-state index is -4.44. The van der Waals surface area contributed by atoms with Crippen molar-refractivity contribution in [3.63, 3.8) is 0 Å². The minimum Gasteiger partial charge on any atom is -0.354 e. The van der Waals surface area contributed by atoms with Gasteiger partial charge in [-0.1, -0.05) is 22.0 Å². The number of carbonyl (C=O) groups is 1. The van der Waals surface area contributed by atoms with Crippen LogP contribution in [0.1, 0.15) is 11.1 Å². The average Bonchev–Trinajstić information content (AvgIpc) is 2.77. The third-order valence-electron chi connectivity index (χ3n) is 4.10. The summed E-state index contributed by atoms with van der Waals surface area (Å²) in [7, 11) is 0. The van der Waals surface area contributed by atoms with Crippen molar-refractivity contribution >= 4 is 38.4 Å². The summed E-state index contributed by atoms with van der Waals surface area (Å²) in [6.45, 7) is 0. The first-order chi connectivity index (χ1) is 11.3. The van der Waals surface area contributed by atoms with E-state index in [0.29, 0.717) is 22.5 Å². The van der Waals surface area contributed by atoms with Gasteiger partial charge in [0, 0.05) is 20.9 Å². The standard InChI is InChI=1S/C17H10BrF3N2O/c18-9-2-3-10-11-7-15(24)22-13-4-1-8(17(19,20)21)5-12(13)16(11)23-14(10)6-9/h1-6,23H,7H2,(H,22,24). The van der Waals surface area contributed by atoms with Crippen LogP contribution < -0.4 is 5.32 Å². The Hall–Kier alpha value is -2.28. The summed E-state index contributed by atoms with van der Waals surface area (Å²) < 4.78 is 40.0. The van der Waals surface area contributed by atoms with E-state index in [9.17, 15) is 18.0 Å². The molecule has 0 bridgehead atoms. The van der Waals surface area contributed by atoms with Crippen LogP contribution >= 0.6 is 15.9 Å². The fourth-order valence-electron chi connectivity index (χ4n) is 3.03. The molecule has 0 saturated heterocycles. The molecule has 0 fully saturated rings. The van der Waals surface area contributed by atoms with Crippen LogP contribution in [-0.2, 0) is 17.4 Å². The fourth-order valence-corrected chi connectivity index (χ4v) is 3.39. The lowest BCUT2D eigenvalue weighted by molar-refractivity contribution is -0.137. The molecule has 1 aliphatic rings. The van der Waals surface area contributed by atoms with E-state index in [0.717, 1.165) is 27.5 Å². The molecule has 0 radical (unpaired) electrons. The normalized spacial score (nSPS) is 14.1. The van der Waals surface area contributed by atoms with E-state index < -0.39 is 11.7 Å². The van der Waals surface area contributed by atoms with E-state index in [-0.39, 0.29) is 12.3 Å². The number of rotatable bonds is 0. The predicted octanol–water partition coefficient (Wildman–Crippen LogP) is 5.11. The maximum Gasteiger partial charge on any atom is 0.416 e. The van der Waals surface area contributed by atoms with Gasteiger partial charge in [0.1, 0.15) is 0 Å². The van der Waals surface area contributed by atoms with Crippen LogP contribution in [0.2, 0.25) is 0 Å². The van der Waals surface area contributed by atoms with Gasteiger partial charge in [-0.2, -0.15) is 13.2 Å². The second-order valence-corrected chi connectivity index (χ2v) is 6.57. The Kier molecular flexibility index (Phi) is 3.25. The lowest BCUT2D eigenvalue weighted by Gasteiger charge is -2.12. The van der Waals surface area contributed by atoms with Gasteiger partial charge in [0.25, 0.3) is 0 Å². The van der Waals surface area contributed by atoms with Gasteiger partial charge >= 0.3 is 6.18 Å². The van der Waals surface area contributed by atoms with Crippen molar-refractivity contribution < 1.29 is 18.0 Å². The van der Waals surface area contributed by atoms with Crippen molar-refractivity contribution in [2.45, 2.75) is 12.6 Å². The number of carbonyl (C=O) groups excluding carboxylic acids is 1. The molecule has 3 aromatic rings. The van der Waals surface area contributed by atoms with Gasteiger partial charge in [-0.3, -0.25) is 4.79 Å². The molecular formula is C17H10BrF3N2O. The quantitative estimate of drug-likeness (QED) is 0.546. The molecule has 3 nitrogen and oxygen atoms in total. The Labute approximate surface area is 143 Å². The van der Waals surface area contributed by atoms with Crippen molar-refractivity contribution in [1.82, 2.24) is 4.98 Å². The number of aromatic nitrogens is 1. The molecule has 0 aliphatic carbocycles. The number of hydrogen-bond donors (Lipinski definition) is 2. The van der Waals surface area contributed by atoms with E-state index in [1.165, 1.54) is 6.07 Å². The van der Waals surface area contributed by atoms with Crippen molar-refractivity contribution in [1.29, 1.82) is 0 Å². The maximum atomic E-state index is 13.1. The molecule has 4 rings (SSSR count). The van der Waals surface area contributed by atoms with Crippen molar-refractivity contribution in [3.05, 3.63) is 52.0 Å². The highest BCUT2D eigenvalue weighted by Crippen LogP contribution is 2.41. The second-order valence-electron chi connectivity index (χ2n) is 5.65. The summed E-state index contributed by atoms with van der Waals surface area (Å²) in [6, 6.07) is 8.88. The van der Waals surface area contributed by atoms with Crippen LogP contribution in [-0.4, -0.2) is 10.9 Å². The third-order valence-corrected chi connectivity index (χ3v) is 4.59. The Balaban J connectivity index is 2.03. The summed E-state index contributed by atoms with van der Waals surface area (Å²) in [4.78, 5) is 15.3. The van der Waals surface area contributed by atoms with Crippen LogP contribution in [0.5, 0.6) is 0 Å². The van der Waals surface area contributed by atoms with Gasteiger partial charge in [0.2, 0.25) is 5.91 Å². The first-order valence-electron chi connectivity index (χ1n) is 7.14. The van der Waals surface area contributed by atoms with E-state index in [4.69, 9.17) is 0 Å². The topological polar surface area (TPSA) is 44.9 Å². The molecule has 2 heterocycles. The Morgan fingerprint density at radius 2 is 1.88 bits per heavy atom. The number of benzene rings is 2. The lowest BCUT2D eigenvalue weighted by atomic mass is 10.0. The van der Waals surface area contributed by atoms with E-state index in [2.05, 4.69) is 26.2 Å². The highest BCUT2D eigenvalue weighted by atomic mass is 79.9. The van der Waals surface area contributed by atoms with Gasteiger partial charge < -0.3 is 10.3 Å². The predicted molar refractivity (Wildman–Crippen MR) is 88.8 cm³/mol. The number of aromatic amines is 1. The lowest BCUT2D eigenvalue weighted by Crippen LogP contribution is -2.13. The summed E-state index contributed by atoms with van der Waals surface area (Å²) >= 11 is 3.37. The first-order valence-corrected chi connectivity index (χ1v) is 7.94. The highest BCUT2D eigenvalue weighted by molar-refractivity contribution is 9.10. The number of anilines is 1. The van der Waals surface area contributed by atoms with Crippen LogP contribution in [0.25, 0.3) is 22.2 Å². The molecule has 1 amide bonds. The largest absolute Gasteiger partial charge is 0.416 e. The monoisotopic (exact) mass is 394 g/mol. The molecule has 0 spiro atoms. The van der Waals surface area contributed by atoms with E-state index in [1.807, 2.05) is 18.2 Å². The highest BCUT2D eigenvalue weighted by Gasteiger charge is 2.32. The van der Waals surface area contributed by atoms with E-state index >= 15 is 0 Å². The van der Waals surface area contributed by atoms with Crippen LogP contribution in [0, 0.1) is 0 Å². The zero-order valence-corrected chi connectivity index (χ0v) is 13.7. The van der Waals surface area contributed by atoms with Crippen LogP contribution in [0.3, 0.4) is 0 Å². The molecule has 24 heavy (non-hydrogen) atoms. The SMILES string of the molecule is O=C1Cc2c([nH]c3cc(Br)ccc23)-c2cc(C(F)(F)F)ccc2N1. The number of H-pyrrole nitrogens is 1. The summed E-state index contributed by atoms with van der Waals surface area (Å²) in [5.41, 5.74) is 1.99. The number of amides is 1. The zero-order chi connectivity index (χ0) is 17.1. The number of hydrogen-bond acceptors (Lipinski definition) is 1. The molecular weight excluding hydrogens is 385 g/mol. The van der Waals surface area contributed by atoms with Crippen LogP contribution in [0.4, 0.5) is 18.9 Å². The van der Waals surface area contributed by atoms with Gasteiger partial charge in [0.05, 0.1) is 23.4 Å². The molecule has 7 heteroatoms. The molecule has 1 aliphatic heterocycles. The summed E-state index contributed by atoms with van der Waals surface area (Å²) in [6.07, 6.45) is -4.34. The first kappa shape index (κ1) is 15.3. The molecule has 1 aromatic heterocycles. The molecule has 2 N–H and O–H groups in total. The number of nitrogens with one attached hydrogen (secondary N) is 2.